The van der Waals surface area contributed by atoms with Gasteiger partial charge in [0.2, 0.25) is 0 Å². The normalized spacial score (nSPS) is 18.9. The highest BCUT2D eigenvalue weighted by molar-refractivity contribution is 5.54. The molecule has 110 valence electrons. The van der Waals surface area contributed by atoms with E-state index in [2.05, 4.69) is 5.32 Å². The van der Waals surface area contributed by atoms with Crippen LogP contribution >= 0.6 is 0 Å². The Balaban J connectivity index is 2.36. The molecule has 0 bridgehead atoms. The van der Waals surface area contributed by atoms with Gasteiger partial charge in [-0.15, -0.1) is 0 Å². The molecule has 1 aromatic rings. The summed E-state index contributed by atoms with van der Waals surface area (Å²) in [5, 5.41) is 13.8. The number of nitro groups is 1. The van der Waals surface area contributed by atoms with Crippen molar-refractivity contribution >= 4 is 11.4 Å². The molecule has 0 aromatic heterocycles. The number of nitrogens with one attached hydrogen (secondary N) is 1. The number of hydrogen-bond acceptors (Lipinski definition) is 4. The van der Waals surface area contributed by atoms with Crippen molar-refractivity contribution in [1.82, 2.24) is 5.32 Å². The molecule has 0 radical (unpaired) electrons. The Bertz CT molecular complexity index is 481. The molecule has 7 heteroatoms. The third kappa shape index (κ3) is 2.87. The van der Waals surface area contributed by atoms with Gasteiger partial charge in [0.15, 0.2) is 11.6 Å². The lowest BCUT2D eigenvalue weighted by atomic mass is 10.0. The van der Waals surface area contributed by atoms with Crippen LogP contribution < -0.4 is 10.2 Å². The average Bonchev–Trinajstić information content (AvgIpc) is 2.43. The van der Waals surface area contributed by atoms with Crippen LogP contribution in [0.25, 0.3) is 0 Å². The van der Waals surface area contributed by atoms with E-state index in [4.69, 9.17) is 0 Å². The zero-order chi connectivity index (χ0) is 14.7. The summed E-state index contributed by atoms with van der Waals surface area (Å²) >= 11 is 0. The second-order valence-corrected chi connectivity index (χ2v) is 4.80. The lowest BCUT2D eigenvalue weighted by molar-refractivity contribution is -0.385. The number of piperidine rings is 1. The van der Waals surface area contributed by atoms with Gasteiger partial charge in [0.25, 0.3) is 5.69 Å². The molecule has 0 saturated carbocycles. The molecule has 1 atom stereocenters. The van der Waals surface area contributed by atoms with E-state index in [1.807, 2.05) is 6.92 Å². The van der Waals surface area contributed by atoms with E-state index in [0.29, 0.717) is 13.1 Å². The number of likely N-dealkylation sites (N-methyl/N-ethyl adjacent to an activating group) is 1. The zero-order valence-electron chi connectivity index (χ0n) is 11.2. The summed E-state index contributed by atoms with van der Waals surface area (Å²) in [7, 11) is 0. The number of halogens is 2. The fraction of sp³-hybridized carbons (Fsp3) is 0.538. The van der Waals surface area contributed by atoms with Crippen molar-refractivity contribution < 1.29 is 13.7 Å². The molecule has 1 saturated heterocycles. The second-order valence-electron chi connectivity index (χ2n) is 4.80. The molecule has 1 fully saturated rings. The van der Waals surface area contributed by atoms with Crippen LogP contribution in [-0.4, -0.2) is 30.6 Å². The minimum absolute atomic E-state index is 0.000735. The number of nitrogens with zero attached hydrogens (tertiary/aromatic N) is 2. The predicted molar refractivity (Wildman–Crippen MR) is 71.9 cm³/mol. The fourth-order valence-electron chi connectivity index (χ4n) is 2.63. The summed E-state index contributed by atoms with van der Waals surface area (Å²) in [4.78, 5) is 11.4. The minimum atomic E-state index is -0.885. The highest BCUT2D eigenvalue weighted by atomic mass is 19.1. The van der Waals surface area contributed by atoms with E-state index in [1.54, 1.807) is 4.90 Å². The summed E-state index contributed by atoms with van der Waals surface area (Å²) in [5.41, 5.74) is -0.742. The van der Waals surface area contributed by atoms with E-state index < -0.39 is 22.2 Å². The van der Waals surface area contributed by atoms with Gasteiger partial charge in [-0.25, -0.2) is 8.78 Å². The third-order valence-corrected chi connectivity index (χ3v) is 3.55. The Labute approximate surface area is 115 Å². The van der Waals surface area contributed by atoms with Crippen LogP contribution in [-0.2, 0) is 0 Å². The molecule has 20 heavy (non-hydrogen) atoms. The first-order chi connectivity index (χ1) is 9.54. The predicted octanol–water partition coefficient (Wildman–Crippen LogP) is 2.45. The Morgan fingerprint density at radius 2 is 2.10 bits per heavy atom. The fourth-order valence-corrected chi connectivity index (χ4v) is 2.63. The van der Waals surface area contributed by atoms with Gasteiger partial charge in [-0.2, -0.15) is 0 Å². The van der Waals surface area contributed by atoms with Gasteiger partial charge in [-0.3, -0.25) is 10.1 Å². The van der Waals surface area contributed by atoms with Gasteiger partial charge >= 0.3 is 0 Å². The number of hydrogen-bond donors (Lipinski definition) is 1. The number of nitro benzene ring substituents is 1. The van der Waals surface area contributed by atoms with Crippen molar-refractivity contribution in [3.63, 3.8) is 0 Å². The van der Waals surface area contributed by atoms with Gasteiger partial charge in [0.1, 0.15) is 5.69 Å². The molecule has 0 amide bonds. The number of benzene rings is 1. The molecule has 2 rings (SSSR count). The number of rotatable bonds is 4. The zero-order valence-corrected chi connectivity index (χ0v) is 11.2. The monoisotopic (exact) mass is 285 g/mol. The average molecular weight is 285 g/mol. The van der Waals surface area contributed by atoms with Crippen LogP contribution in [0.15, 0.2) is 12.1 Å². The van der Waals surface area contributed by atoms with Crippen LogP contribution in [0.1, 0.15) is 19.8 Å². The molecule has 1 aliphatic heterocycles. The van der Waals surface area contributed by atoms with Crippen molar-refractivity contribution in [2.24, 2.45) is 0 Å². The Morgan fingerprint density at radius 1 is 1.45 bits per heavy atom. The van der Waals surface area contributed by atoms with E-state index in [9.17, 15) is 18.9 Å². The molecule has 5 nitrogen and oxygen atoms in total. The molecular weight excluding hydrogens is 268 g/mol. The van der Waals surface area contributed by atoms with Gasteiger partial charge in [-0.05, 0) is 26.3 Å². The van der Waals surface area contributed by atoms with E-state index >= 15 is 0 Å². The second kappa shape index (κ2) is 6.13. The highest BCUT2D eigenvalue weighted by Gasteiger charge is 2.27. The smallest absolute Gasteiger partial charge is 0.275 e. The lowest BCUT2D eigenvalue weighted by Gasteiger charge is -2.35. The molecule has 1 aromatic carbocycles. The van der Waals surface area contributed by atoms with E-state index in [0.717, 1.165) is 31.5 Å². The lowest BCUT2D eigenvalue weighted by Crippen LogP contribution is -2.46. The summed E-state index contributed by atoms with van der Waals surface area (Å²) in [5.74, 6) is -1.77. The van der Waals surface area contributed by atoms with Crippen LogP contribution in [0.2, 0.25) is 0 Å². The van der Waals surface area contributed by atoms with Crippen LogP contribution in [0.5, 0.6) is 0 Å². The summed E-state index contributed by atoms with van der Waals surface area (Å²) < 4.78 is 28.1. The standard InChI is InChI=1S/C13H17F2N3O2/c1-2-17(9-4-3-5-16-8-9)13-11(14)6-10(18(19)20)7-12(13)15/h6-7,9,16H,2-5,8H2,1H3. The SMILES string of the molecule is CCN(c1c(F)cc([N+](=O)[O-])cc1F)C1CCCNC1. The Kier molecular flexibility index (Phi) is 4.49. The highest BCUT2D eigenvalue weighted by Crippen LogP contribution is 2.30. The van der Waals surface area contributed by atoms with Crippen molar-refractivity contribution in [2.75, 3.05) is 24.5 Å². The topological polar surface area (TPSA) is 58.4 Å². The van der Waals surface area contributed by atoms with Gasteiger partial charge in [0, 0.05) is 19.1 Å². The van der Waals surface area contributed by atoms with Crippen LogP contribution in [0, 0.1) is 21.7 Å². The maximum Gasteiger partial charge on any atom is 0.275 e. The minimum Gasteiger partial charge on any atom is -0.363 e. The maximum atomic E-state index is 14.1. The quantitative estimate of drug-likeness (QED) is 0.682. The number of anilines is 1. The molecular formula is C13H17F2N3O2. The molecule has 1 heterocycles. The van der Waals surface area contributed by atoms with Crippen molar-refractivity contribution in [2.45, 2.75) is 25.8 Å². The number of non-ortho nitro benzene ring substituents is 1. The van der Waals surface area contributed by atoms with Crippen molar-refractivity contribution in [3.05, 3.63) is 33.9 Å². The van der Waals surface area contributed by atoms with E-state index in [1.165, 1.54) is 0 Å². The van der Waals surface area contributed by atoms with Gasteiger partial charge < -0.3 is 10.2 Å². The first-order valence-corrected chi connectivity index (χ1v) is 6.65. The van der Waals surface area contributed by atoms with Crippen molar-refractivity contribution in [3.8, 4) is 0 Å². The van der Waals surface area contributed by atoms with Crippen molar-refractivity contribution in [1.29, 1.82) is 0 Å². The Hall–Kier alpha value is -1.76. The summed E-state index contributed by atoms with van der Waals surface area (Å²) in [6, 6.07) is 1.55. The van der Waals surface area contributed by atoms with Gasteiger partial charge in [-0.1, -0.05) is 0 Å². The first-order valence-electron chi connectivity index (χ1n) is 6.65. The first kappa shape index (κ1) is 14.6. The molecule has 0 spiro atoms. The molecule has 1 N–H and O–H groups in total. The van der Waals surface area contributed by atoms with Gasteiger partial charge in [0.05, 0.1) is 17.1 Å². The summed E-state index contributed by atoms with van der Waals surface area (Å²) in [6.45, 7) is 3.82. The van der Waals surface area contributed by atoms with Crippen LogP contribution in [0.4, 0.5) is 20.2 Å². The molecule has 1 unspecified atom stereocenters. The molecule has 0 aliphatic carbocycles. The maximum absolute atomic E-state index is 14.1. The Morgan fingerprint density at radius 3 is 2.55 bits per heavy atom. The largest absolute Gasteiger partial charge is 0.363 e. The third-order valence-electron chi connectivity index (χ3n) is 3.55. The van der Waals surface area contributed by atoms with Crippen LogP contribution in [0.3, 0.4) is 0 Å². The summed E-state index contributed by atoms with van der Waals surface area (Å²) in [6.07, 6.45) is 1.79. The molecule has 1 aliphatic rings. The van der Waals surface area contributed by atoms with E-state index in [-0.39, 0.29) is 11.7 Å².